The maximum Gasteiger partial charge on any atom is 2.00 e. The quantitative estimate of drug-likeness (QED) is 0.677. The minimum Gasteiger partial charge on any atom is -1.00 e. The average molecular weight is 218 g/mol. The number of hydrogen-bond donors (Lipinski definition) is 1. The van der Waals surface area contributed by atoms with E-state index in [4.69, 9.17) is 14.6 Å². The minimum absolute atomic E-state index is 0. The zero-order chi connectivity index (χ0) is 9.56. The molecule has 0 saturated carbocycles. The Morgan fingerprint density at radius 3 is 2.08 bits per heavy atom. The predicted octanol–water partition coefficient (Wildman–Crippen LogP) is 1.04. The first-order valence-electron chi connectivity index (χ1n) is 4.44. The maximum atomic E-state index is 8.66. The van der Waals surface area contributed by atoms with Crippen molar-refractivity contribution < 1.29 is 17.4 Å². The van der Waals surface area contributed by atoms with Gasteiger partial charge in [0, 0.05) is 0 Å². The Morgan fingerprint density at radius 2 is 1.69 bits per heavy atom. The number of hydrogen-bond acceptors (Lipinski definition) is 3. The van der Waals surface area contributed by atoms with Gasteiger partial charge < -0.3 is 17.4 Å². The molecular weight excluding hydrogens is 196 g/mol. The first-order chi connectivity index (χ1) is 5.56. The third kappa shape index (κ3) is 11.1. The van der Waals surface area contributed by atoms with E-state index in [-0.39, 0.29) is 65.5 Å². The molecule has 0 spiro atoms. The van der Waals surface area contributed by atoms with Crippen LogP contribution >= 0.6 is 0 Å². The summed E-state index contributed by atoms with van der Waals surface area (Å²) in [6, 6.07) is 0. The Hall–Kier alpha value is 1.14. The molecule has 0 aromatic rings. The van der Waals surface area contributed by atoms with E-state index < -0.39 is 0 Å². The number of aliphatic hydroxyl groups is 1. The monoisotopic (exact) mass is 218 g/mol. The largest absolute Gasteiger partial charge is 2.00 e. The van der Waals surface area contributed by atoms with Crippen LogP contribution in [0.25, 0.3) is 0 Å². The molecule has 13 heavy (non-hydrogen) atoms. The summed E-state index contributed by atoms with van der Waals surface area (Å²) < 4.78 is 10.7. The molecule has 0 aliphatic heterocycles. The Bertz CT molecular complexity index is 118. The normalized spacial score (nSPS) is 15.2. The minimum atomic E-state index is -0.0942. The SMILES string of the molecule is CC(C)OC(C)COC(C)CO.[Ca+2].[H-].[H-]. The maximum absolute atomic E-state index is 8.66. The molecule has 0 aliphatic carbocycles. The molecule has 0 aromatic carbocycles. The summed E-state index contributed by atoms with van der Waals surface area (Å²) in [6.45, 7) is 8.39. The standard InChI is InChI=1S/C9H20O3.Ca.2H/c1-7(2)12-9(4)6-11-8(3)5-10;;;/h7-10H,5-6H2,1-4H3;;;/q;+2;2*-1. The molecule has 0 heterocycles. The van der Waals surface area contributed by atoms with Gasteiger partial charge in [-0.25, -0.2) is 0 Å². The molecule has 78 valence electrons. The van der Waals surface area contributed by atoms with Crippen LogP contribution in [0.3, 0.4) is 0 Å². The van der Waals surface area contributed by atoms with Crippen LogP contribution in [-0.2, 0) is 9.47 Å². The van der Waals surface area contributed by atoms with Gasteiger partial charge in [-0.2, -0.15) is 0 Å². The van der Waals surface area contributed by atoms with Gasteiger partial charge in [0.05, 0.1) is 31.5 Å². The Morgan fingerprint density at radius 1 is 1.15 bits per heavy atom. The first-order valence-corrected chi connectivity index (χ1v) is 4.44. The van der Waals surface area contributed by atoms with Crippen molar-refractivity contribution in [3.8, 4) is 0 Å². The smallest absolute Gasteiger partial charge is 1.00 e. The van der Waals surface area contributed by atoms with Crippen LogP contribution in [0.1, 0.15) is 30.5 Å². The van der Waals surface area contributed by atoms with Crippen LogP contribution in [0.5, 0.6) is 0 Å². The molecule has 0 amide bonds. The summed E-state index contributed by atoms with van der Waals surface area (Å²) in [4.78, 5) is 0. The fourth-order valence-corrected chi connectivity index (χ4v) is 0.856. The van der Waals surface area contributed by atoms with Crippen LogP contribution in [-0.4, -0.2) is 74.4 Å². The van der Waals surface area contributed by atoms with Crippen LogP contribution in [0.15, 0.2) is 0 Å². The Kier molecular flexibility index (Phi) is 12.3. The molecule has 0 saturated heterocycles. The molecule has 0 aliphatic rings. The van der Waals surface area contributed by atoms with E-state index in [0.717, 1.165) is 0 Å². The van der Waals surface area contributed by atoms with Crippen LogP contribution in [0.4, 0.5) is 0 Å². The second-order valence-electron chi connectivity index (χ2n) is 3.32. The van der Waals surface area contributed by atoms with Gasteiger partial charge in [-0.05, 0) is 27.7 Å². The third-order valence-corrected chi connectivity index (χ3v) is 1.38. The molecular formula is C9H22CaO3. The summed E-state index contributed by atoms with van der Waals surface area (Å²) in [7, 11) is 0. The summed E-state index contributed by atoms with van der Waals surface area (Å²) in [6.07, 6.45) is 0.232. The van der Waals surface area contributed by atoms with Crippen molar-refractivity contribution in [1.82, 2.24) is 0 Å². The number of aliphatic hydroxyl groups excluding tert-OH is 1. The first kappa shape index (κ1) is 16.6. The molecule has 0 rings (SSSR count). The summed E-state index contributed by atoms with van der Waals surface area (Å²) >= 11 is 0. The Labute approximate surface area is 114 Å². The van der Waals surface area contributed by atoms with Crippen molar-refractivity contribution in [2.75, 3.05) is 13.2 Å². The van der Waals surface area contributed by atoms with E-state index in [1.54, 1.807) is 0 Å². The van der Waals surface area contributed by atoms with Crippen molar-refractivity contribution in [2.24, 2.45) is 0 Å². The van der Waals surface area contributed by atoms with E-state index in [1.807, 2.05) is 27.7 Å². The zero-order valence-corrected chi connectivity index (χ0v) is 11.3. The molecule has 0 bridgehead atoms. The van der Waals surface area contributed by atoms with Crippen LogP contribution < -0.4 is 0 Å². The van der Waals surface area contributed by atoms with E-state index in [2.05, 4.69) is 0 Å². The van der Waals surface area contributed by atoms with Crippen LogP contribution in [0, 0.1) is 0 Å². The molecule has 4 heteroatoms. The molecule has 0 aromatic heterocycles. The van der Waals surface area contributed by atoms with Gasteiger partial charge in [0.2, 0.25) is 0 Å². The fourth-order valence-electron chi connectivity index (χ4n) is 0.856. The topological polar surface area (TPSA) is 38.7 Å². The van der Waals surface area contributed by atoms with Gasteiger partial charge >= 0.3 is 37.7 Å². The second-order valence-corrected chi connectivity index (χ2v) is 3.32. The summed E-state index contributed by atoms with van der Waals surface area (Å²) in [5.74, 6) is 0. The predicted molar refractivity (Wildman–Crippen MR) is 56.2 cm³/mol. The third-order valence-electron chi connectivity index (χ3n) is 1.38. The van der Waals surface area contributed by atoms with E-state index in [1.165, 1.54) is 0 Å². The van der Waals surface area contributed by atoms with E-state index >= 15 is 0 Å². The molecule has 0 radical (unpaired) electrons. The average Bonchev–Trinajstić information content (AvgIpc) is 1.99. The van der Waals surface area contributed by atoms with Gasteiger partial charge in [-0.1, -0.05) is 0 Å². The van der Waals surface area contributed by atoms with Crippen molar-refractivity contribution >= 4 is 37.7 Å². The van der Waals surface area contributed by atoms with E-state index in [9.17, 15) is 0 Å². The molecule has 1 N–H and O–H groups in total. The molecule has 2 unspecified atom stereocenters. The van der Waals surface area contributed by atoms with Crippen molar-refractivity contribution in [3.63, 3.8) is 0 Å². The molecule has 2 atom stereocenters. The number of rotatable bonds is 6. The second kappa shape index (κ2) is 9.69. The zero-order valence-electron chi connectivity index (χ0n) is 11.1. The fraction of sp³-hybridized carbons (Fsp3) is 1.00. The van der Waals surface area contributed by atoms with Crippen LogP contribution in [0.2, 0.25) is 0 Å². The van der Waals surface area contributed by atoms with Gasteiger partial charge in [-0.3, -0.25) is 0 Å². The summed E-state index contributed by atoms with van der Waals surface area (Å²) in [5.41, 5.74) is 0. The molecule has 3 nitrogen and oxygen atoms in total. The van der Waals surface area contributed by atoms with Crippen molar-refractivity contribution in [1.29, 1.82) is 0 Å². The van der Waals surface area contributed by atoms with Gasteiger partial charge in [0.1, 0.15) is 0 Å². The van der Waals surface area contributed by atoms with E-state index in [0.29, 0.717) is 6.61 Å². The molecule has 0 fully saturated rings. The Balaban J connectivity index is -0.000000202. The van der Waals surface area contributed by atoms with Crippen molar-refractivity contribution in [2.45, 2.75) is 46.0 Å². The number of ether oxygens (including phenoxy) is 2. The van der Waals surface area contributed by atoms with Crippen molar-refractivity contribution in [3.05, 3.63) is 0 Å². The van der Waals surface area contributed by atoms with Gasteiger partial charge in [0.25, 0.3) is 0 Å². The van der Waals surface area contributed by atoms with Gasteiger partial charge in [-0.15, -0.1) is 0 Å². The van der Waals surface area contributed by atoms with Gasteiger partial charge in [0.15, 0.2) is 0 Å². The summed E-state index contributed by atoms with van der Waals surface area (Å²) in [5, 5.41) is 8.66.